The van der Waals surface area contributed by atoms with Gasteiger partial charge in [0.05, 0.1) is 30.2 Å². The molecule has 2 rings (SSSR count). The van der Waals surface area contributed by atoms with E-state index in [2.05, 4.69) is 5.32 Å². The summed E-state index contributed by atoms with van der Waals surface area (Å²) in [7, 11) is 0. The summed E-state index contributed by atoms with van der Waals surface area (Å²) in [5.74, 6) is -0.876. The first-order valence-electron chi connectivity index (χ1n) is 8.14. The topological polar surface area (TPSA) is 76.4 Å². The number of benzene rings is 1. The van der Waals surface area contributed by atoms with Gasteiger partial charge in [-0.05, 0) is 12.1 Å². The Kier molecular flexibility index (Phi) is 6.58. The number of amides is 2. The van der Waals surface area contributed by atoms with Crippen molar-refractivity contribution in [3.63, 3.8) is 0 Å². The van der Waals surface area contributed by atoms with Gasteiger partial charge in [-0.15, -0.1) is 0 Å². The highest BCUT2D eigenvalue weighted by Gasteiger charge is 2.36. The second-order valence-corrected chi connectivity index (χ2v) is 5.87. The van der Waals surface area contributed by atoms with Crippen molar-refractivity contribution in [2.24, 2.45) is 0 Å². The molecule has 1 aliphatic heterocycles. The van der Waals surface area contributed by atoms with Crippen LogP contribution < -0.4 is 5.32 Å². The Morgan fingerprint density at radius 1 is 1.15 bits per heavy atom. The zero-order valence-corrected chi connectivity index (χ0v) is 14.1. The molecule has 2 amide bonds. The second-order valence-electron chi connectivity index (χ2n) is 5.87. The molecule has 1 N–H and O–H groups in total. The number of piperazine rings is 1. The third-order valence-electron chi connectivity index (χ3n) is 4.05. The number of hydrogen-bond acceptors (Lipinski definition) is 4. The van der Waals surface area contributed by atoms with Gasteiger partial charge in [0.25, 0.3) is 5.91 Å². The molecule has 1 aromatic rings. The molecule has 0 spiro atoms. The molecule has 6 nitrogen and oxygen atoms in total. The highest BCUT2D eigenvalue weighted by molar-refractivity contribution is 5.96. The molecule has 140 valence electrons. The van der Waals surface area contributed by atoms with E-state index in [0.29, 0.717) is 13.1 Å². The molecule has 1 saturated heterocycles. The molecule has 9 heteroatoms. The number of nitriles is 1. The second kappa shape index (κ2) is 8.67. The first-order valence-corrected chi connectivity index (χ1v) is 8.14. The van der Waals surface area contributed by atoms with Crippen molar-refractivity contribution >= 4 is 11.8 Å². The predicted octanol–water partition coefficient (Wildman–Crippen LogP) is 1.49. The van der Waals surface area contributed by atoms with Crippen LogP contribution in [0.25, 0.3) is 0 Å². The number of carbonyl (C=O) groups excluding carboxylic acids is 2. The van der Waals surface area contributed by atoms with E-state index < -0.39 is 17.6 Å². The molecule has 0 aliphatic carbocycles. The number of hydrogen-bond donors (Lipinski definition) is 1. The zero-order chi connectivity index (χ0) is 19.2. The summed E-state index contributed by atoms with van der Waals surface area (Å²) in [6.45, 7) is 1.69. The molecule has 1 aliphatic rings. The third kappa shape index (κ3) is 5.20. The van der Waals surface area contributed by atoms with E-state index in [1.807, 2.05) is 11.0 Å². The molecule has 0 aromatic heterocycles. The summed E-state index contributed by atoms with van der Waals surface area (Å²) in [6.07, 6.45) is -4.36. The Morgan fingerprint density at radius 2 is 1.81 bits per heavy atom. The van der Waals surface area contributed by atoms with Crippen LogP contribution in [-0.2, 0) is 11.0 Å². The molecule has 0 atom stereocenters. The Morgan fingerprint density at radius 3 is 2.42 bits per heavy atom. The van der Waals surface area contributed by atoms with Crippen LogP contribution in [0.1, 0.15) is 22.3 Å². The van der Waals surface area contributed by atoms with Gasteiger partial charge in [0.2, 0.25) is 5.91 Å². The molecule has 0 radical (unpaired) electrons. The standard InChI is InChI=1S/C17H19F3N4O2/c18-17(19,20)14-5-2-1-4-13(14)16(26)24-10-8-23(9-11-24)12-15(25)22-7-3-6-21/h1-2,4-5H,3,7-12H2,(H,22,25). The van der Waals surface area contributed by atoms with Crippen molar-refractivity contribution in [2.45, 2.75) is 12.6 Å². The Labute approximate surface area is 149 Å². The average Bonchev–Trinajstić information content (AvgIpc) is 2.61. The predicted molar refractivity (Wildman–Crippen MR) is 87.0 cm³/mol. The smallest absolute Gasteiger partial charge is 0.354 e. The fourth-order valence-corrected chi connectivity index (χ4v) is 2.71. The van der Waals surface area contributed by atoms with Gasteiger partial charge >= 0.3 is 6.18 Å². The minimum Gasteiger partial charge on any atom is -0.354 e. The number of alkyl halides is 3. The third-order valence-corrected chi connectivity index (χ3v) is 4.05. The Bertz CT molecular complexity index is 692. The van der Waals surface area contributed by atoms with Crippen molar-refractivity contribution in [1.82, 2.24) is 15.1 Å². The number of carbonyl (C=O) groups is 2. The maximum absolute atomic E-state index is 13.1. The monoisotopic (exact) mass is 368 g/mol. The zero-order valence-electron chi connectivity index (χ0n) is 14.1. The van der Waals surface area contributed by atoms with Gasteiger partial charge < -0.3 is 10.2 Å². The van der Waals surface area contributed by atoms with E-state index in [-0.39, 0.29) is 44.1 Å². The maximum atomic E-state index is 13.1. The summed E-state index contributed by atoms with van der Waals surface area (Å²) < 4.78 is 39.2. The van der Waals surface area contributed by atoms with Crippen LogP contribution in [0.4, 0.5) is 13.2 Å². The quantitative estimate of drug-likeness (QED) is 0.799. The van der Waals surface area contributed by atoms with Gasteiger partial charge in [-0.2, -0.15) is 18.4 Å². The summed E-state index contributed by atoms with van der Waals surface area (Å²) in [4.78, 5) is 27.4. The fraction of sp³-hybridized carbons (Fsp3) is 0.471. The first-order chi connectivity index (χ1) is 12.3. The molecule has 1 heterocycles. The highest BCUT2D eigenvalue weighted by Crippen LogP contribution is 2.32. The van der Waals surface area contributed by atoms with Crippen LogP contribution >= 0.6 is 0 Å². The normalized spacial score (nSPS) is 15.4. The molecular weight excluding hydrogens is 349 g/mol. The molecule has 0 bridgehead atoms. The van der Waals surface area contributed by atoms with Crippen molar-refractivity contribution < 1.29 is 22.8 Å². The van der Waals surface area contributed by atoms with Crippen molar-refractivity contribution in [2.75, 3.05) is 39.3 Å². The van der Waals surface area contributed by atoms with Crippen molar-refractivity contribution in [3.8, 4) is 6.07 Å². The summed E-state index contributed by atoms with van der Waals surface area (Å²) in [5, 5.41) is 11.0. The van der Waals surface area contributed by atoms with Gasteiger partial charge in [0.15, 0.2) is 0 Å². The lowest BCUT2D eigenvalue weighted by Crippen LogP contribution is -2.51. The SMILES string of the molecule is N#CCCNC(=O)CN1CCN(C(=O)c2ccccc2C(F)(F)F)CC1. The lowest BCUT2D eigenvalue weighted by molar-refractivity contribution is -0.138. The van der Waals surface area contributed by atoms with Crippen LogP contribution in [0.15, 0.2) is 24.3 Å². The van der Waals surface area contributed by atoms with E-state index in [9.17, 15) is 22.8 Å². The van der Waals surface area contributed by atoms with Crippen LogP contribution in [0.3, 0.4) is 0 Å². The van der Waals surface area contributed by atoms with Gasteiger partial charge in [-0.25, -0.2) is 0 Å². The number of halogens is 3. The van der Waals surface area contributed by atoms with Crippen LogP contribution in [-0.4, -0.2) is 60.9 Å². The van der Waals surface area contributed by atoms with Crippen molar-refractivity contribution in [3.05, 3.63) is 35.4 Å². The molecule has 1 aromatic carbocycles. The van der Waals surface area contributed by atoms with E-state index in [0.717, 1.165) is 6.07 Å². The molecule has 26 heavy (non-hydrogen) atoms. The van der Waals surface area contributed by atoms with Gasteiger partial charge in [-0.1, -0.05) is 12.1 Å². The Balaban J connectivity index is 1.91. The largest absolute Gasteiger partial charge is 0.417 e. The minimum atomic E-state index is -4.59. The maximum Gasteiger partial charge on any atom is 0.417 e. The fourth-order valence-electron chi connectivity index (χ4n) is 2.71. The first kappa shape index (κ1) is 19.7. The van der Waals surface area contributed by atoms with Gasteiger partial charge in [0, 0.05) is 32.7 Å². The van der Waals surface area contributed by atoms with E-state index >= 15 is 0 Å². The number of nitrogens with one attached hydrogen (secondary N) is 1. The van der Waals surface area contributed by atoms with Crippen molar-refractivity contribution in [1.29, 1.82) is 5.26 Å². The van der Waals surface area contributed by atoms with Crippen LogP contribution in [0, 0.1) is 11.3 Å². The number of rotatable bonds is 5. The lowest BCUT2D eigenvalue weighted by atomic mass is 10.1. The molecular formula is C17H19F3N4O2. The van der Waals surface area contributed by atoms with Gasteiger partial charge in [-0.3, -0.25) is 14.5 Å². The Hall–Kier alpha value is -2.60. The van der Waals surface area contributed by atoms with Crippen LogP contribution in [0.2, 0.25) is 0 Å². The summed E-state index contributed by atoms with van der Waals surface area (Å²) >= 11 is 0. The average molecular weight is 368 g/mol. The van der Waals surface area contributed by atoms with E-state index in [4.69, 9.17) is 5.26 Å². The molecule has 0 saturated carbocycles. The lowest BCUT2D eigenvalue weighted by Gasteiger charge is -2.34. The van der Waals surface area contributed by atoms with E-state index in [1.165, 1.54) is 23.1 Å². The minimum absolute atomic E-state index is 0.132. The number of nitrogens with zero attached hydrogens (tertiary/aromatic N) is 3. The highest BCUT2D eigenvalue weighted by atomic mass is 19.4. The van der Waals surface area contributed by atoms with E-state index in [1.54, 1.807) is 0 Å². The van der Waals surface area contributed by atoms with Crippen LogP contribution in [0.5, 0.6) is 0 Å². The summed E-state index contributed by atoms with van der Waals surface area (Å²) in [5.41, 5.74) is -1.30. The summed E-state index contributed by atoms with van der Waals surface area (Å²) in [6, 6.07) is 6.66. The molecule has 1 fully saturated rings. The van der Waals surface area contributed by atoms with Gasteiger partial charge in [0.1, 0.15) is 0 Å². The molecule has 0 unspecified atom stereocenters.